The van der Waals surface area contributed by atoms with Crippen LogP contribution in [0, 0.1) is 41.4 Å². The summed E-state index contributed by atoms with van der Waals surface area (Å²) in [4.78, 5) is 36.1. The number of carbonyl (C=O) groups is 3. The van der Waals surface area contributed by atoms with E-state index in [4.69, 9.17) is 23.7 Å². The predicted octanol–water partition coefficient (Wildman–Crippen LogP) is 3.75. The molecular weight excluding hydrogens is 540 g/mol. The maximum absolute atomic E-state index is 12.3. The van der Waals surface area contributed by atoms with Crippen LogP contribution in [0.2, 0.25) is 0 Å². The van der Waals surface area contributed by atoms with E-state index in [0.717, 1.165) is 25.7 Å². The van der Waals surface area contributed by atoms with Gasteiger partial charge in [-0.25, -0.2) is 4.79 Å². The molecule has 0 aromatic heterocycles. The third-order valence-electron chi connectivity index (χ3n) is 8.01. The lowest BCUT2D eigenvalue weighted by molar-refractivity contribution is -0.125. The van der Waals surface area contributed by atoms with Crippen molar-refractivity contribution < 1.29 is 38.1 Å². The lowest BCUT2D eigenvalue weighted by Gasteiger charge is -2.25. The highest BCUT2D eigenvalue weighted by Crippen LogP contribution is 2.52. The summed E-state index contributed by atoms with van der Waals surface area (Å²) in [5.74, 6) is 8.57. The van der Waals surface area contributed by atoms with E-state index in [1.807, 2.05) is 13.8 Å². The van der Waals surface area contributed by atoms with Gasteiger partial charge in [0.25, 0.3) is 0 Å². The van der Waals surface area contributed by atoms with Gasteiger partial charge in [-0.1, -0.05) is 27.7 Å². The van der Waals surface area contributed by atoms with Crippen LogP contribution in [-0.2, 0) is 33.3 Å². The highest BCUT2D eigenvalue weighted by molar-refractivity contribution is 5.80. The Labute approximate surface area is 252 Å². The number of amides is 2. The smallest absolute Gasteiger partial charge is 0.407 e. The summed E-state index contributed by atoms with van der Waals surface area (Å²) in [5, 5.41) is 5.77. The summed E-state index contributed by atoms with van der Waals surface area (Å²) < 4.78 is 27.3. The lowest BCUT2D eigenvalue weighted by Crippen LogP contribution is -2.40. The number of alkyl carbamates (subject to hydrolysis) is 1. The number of ketones is 1. The molecule has 0 heterocycles. The standard InChI is InChI=1S/C32H54N2O8/c1-5-30(35)25(4)22-29(24(2)3)34-31(36)12-14-38-16-18-40-20-21-41-19-17-39-15-13-33-32(37)42-23-28-26-10-8-6-7-9-11-27(26)28/h24-29H,5,8-23H2,1-4H3,(H,33,37)(H,34,36)/t25?,26?,27?,28?,29-/m1/s1. The summed E-state index contributed by atoms with van der Waals surface area (Å²) in [6.45, 7) is 12.1. The molecule has 42 heavy (non-hydrogen) atoms. The molecule has 0 bridgehead atoms. The van der Waals surface area contributed by atoms with E-state index in [1.165, 1.54) is 0 Å². The second-order valence-corrected chi connectivity index (χ2v) is 11.5. The van der Waals surface area contributed by atoms with E-state index >= 15 is 0 Å². The van der Waals surface area contributed by atoms with E-state index in [0.29, 0.717) is 96.6 Å². The number of Topliss-reactive ketones (excluding diaryl/α,β-unsaturated/α-hetero) is 1. The van der Waals surface area contributed by atoms with E-state index in [-0.39, 0.29) is 42.1 Å². The minimum Gasteiger partial charge on any atom is -0.449 e. The van der Waals surface area contributed by atoms with Crippen molar-refractivity contribution in [1.82, 2.24) is 10.6 Å². The Bertz CT molecular complexity index is 837. The number of hydrogen-bond acceptors (Lipinski definition) is 8. The van der Waals surface area contributed by atoms with Crippen molar-refractivity contribution in [3.05, 3.63) is 0 Å². The molecule has 2 aliphatic rings. The first kappa shape index (κ1) is 36.0. The molecule has 0 saturated heterocycles. The fraction of sp³-hybridized carbons (Fsp3) is 0.844. The fourth-order valence-corrected chi connectivity index (χ4v) is 5.29. The van der Waals surface area contributed by atoms with Gasteiger partial charge >= 0.3 is 6.09 Å². The summed E-state index contributed by atoms with van der Waals surface area (Å²) in [5.41, 5.74) is 0. The van der Waals surface area contributed by atoms with Crippen LogP contribution in [0.4, 0.5) is 4.79 Å². The molecule has 10 heteroatoms. The summed E-state index contributed by atoms with van der Waals surface area (Å²) in [6.07, 6.45) is 5.22. The summed E-state index contributed by atoms with van der Waals surface area (Å²) in [7, 11) is 0. The number of fused-ring (bicyclic) bond motifs is 1. The number of nitrogens with one attached hydrogen (secondary N) is 2. The molecular formula is C32H54N2O8. The maximum atomic E-state index is 12.3. The van der Waals surface area contributed by atoms with E-state index in [1.54, 1.807) is 0 Å². The Kier molecular flexibility index (Phi) is 18.4. The first-order valence-corrected chi connectivity index (χ1v) is 15.8. The van der Waals surface area contributed by atoms with E-state index in [9.17, 15) is 14.4 Å². The van der Waals surface area contributed by atoms with Gasteiger partial charge in [-0.2, -0.15) is 0 Å². The van der Waals surface area contributed by atoms with Gasteiger partial charge in [0.2, 0.25) is 5.91 Å². The lowest BCUT2D eigenvalue weighted by atomic mass is 9.90. The van der Waals surface area contributed by atoms with Crippen molar-refractivity contribution in [3.63, 3.8) is 0 Å². The Hall–Kier alpha value is -2.19. The minimum atomic E-state index is -0.388. The van der Waals surface area contributed by atoms with Gasteiger partial charge in [0.1, 0.15) is 5.78 Å². The zero-order valence-electron chi connectivity index (χ0n) is 26.3. The van der Waals surface area contributed by atoms with Crippen molar-refractivity contribution >= 4 is 17.8 Å². The van der Waals surface area contributed by atoms with Gasteiger partial charge < -0.3 is 34.3 Å². The quantitative estimate of drug-likeness (QED) is 0.136. The van der Waals surface area contributed by atoms with Gasteiger partial charge in [0.05, 0.1) is 59.5 Å². The molecule has 1 fully saturated rings. The van der Waals surface area contributed by atoms with Gasteiger partial charge in [-0.3, -0.25) is 9.59 Å². The Morgan fingerprint density at radius 3 is 1.90 bits per heavy atom. The minimum absolute atomic E-state index is 0.0236. The molecule has 4 atom stereocenters. The Morgan fingerprint density at radius 2 is 1.36 bits per heavy atom. The zero-order chi connectivity index (χ0) is 30.6. The topological polar surface area (TPSA) is 121 Å². The van der Waals surface area contributed by atoms with Gasteiger partial charge in [0, 0.05) is 44.2 Å². The number of hydrogen-bond donors (Lipinski definition) is 2. The second kappa shape index (κ2) is 21.5. The van der Waals surface area contributed by atoms with Crippen molar-refractivity contribution in [2.75, 3.05) is 66.0 Å². The molecule has 2 rings (SSSR count). The molecule has 2 aliphatic carbocycles. The Balaban J connectivity index is 1.32. The van der Waals surface area contributed by atoms with Gasteiger partial charge in [-0.15, -0.1) is 11.8 Å². The molecule has 0 aromatic carbocycles. The normalized spacial score (nSPS) is 20.7. The largest absolute Gasteiger partial charge is 0.449 e. The van der Waals surface area contributed by atoms with Crippen molar-refractivity contribution in [2.24, 2.45) is 29.6 Å². The predicted molar refractivity (Wildman–Crippen MR) is 160 cm³/mol. The molecule has 0 aliphatic heterocycles. The maximum Gasteiger partial charge on any atom is 0.407 e. The van der Waals surface area contributed by atoms with Crippen LogP contribution in [0.15, 0.2) is 0 Å². The zero-order valence-corrected chi connectivity index (χ0v) is 26.3. The van der Waals surface area contributed by atoms with Crippen molar-refractivity contribution in [2.45, 2.75) is 78.7 Å². The third-order valence-corrected chi connectivity index (χ3v) is 8.01. The summed E-state index contributed by atoms with van der Waals surface area (Å²) in [6, 6.07) is -0.0236. The highest BCUT2D eigenvalue weighted by atomic mass is 16.6. The monoisotopic (exact) mass is 594 g/mol. The van der Waals surface area contributed by atoms with Crippen molar-refractivity contribution in [1.29, 1.82) is 0 Å². The first-order chi connectivity index (χ1) is 20.3. The molecule has 0 spiro atoms. The van der Waals surface area contributed by atoms with Crippen LogP contribution in [0.5, 0.6) is 0 Å². The van der Waals surface area contributed by atoms with Crippen LogP contribution in [0.1, 0.15) is 72.6 Å². The average molecular weight is 595 g/mol. The molecule has 0 aromatic rings. The van der Waals surface area contributed by atoms with Crippen LogP contribution < -0.4 is 10.6 Å². The highest BCUT2D eigenvalue weighted by Gasteiger charge is 2.49. The van der Waals surface area contributed by atoms with Crippen molar-refractivity contribution in [3.8, 4) is 11.8 Å². The third kappa shape index (κ3) is 15.3. The van der Waals surface area contributed by atoms with E-state index in [2.05, 4.69) is 36.3 Å². The fourth-order valence-electron chi connectivity index (χ4n) is 5.29. The molecule has 10 nitrogen and oxygen atoms in total. The SMILES string of the molecule is CCC(=O)C(C)C[C@@H](NC(=O)CCOCCOCCOCCOCCNC(=O)OCC1C2CCC#CCCC21)C(C)C. The van der Waals surface area contributed by atoms with Gasteiger partial charge in [0.15, 0.2) is 0 Å². The second-order valence-electron chi connectivity index (χ2n) is 11.5. The van der Waals surface area contributed by atoms with Crippen LogP contribution in [0.3, 0.4) is 0 Å². The van der Waals surface area contributed by atoms with E-state index < -0.39 is 0 Å². The number of ether oxygens (including phenoxy) is 5. The molecule has 2 N–H and O–H groups in total. The molecule has 0 radical (unpaired) electrons. The molecule has 240 valence electrons. The van der Waals surface area contributed by atoms with Crippen LogP contribution in [0.25, 0.3) is 0 Å². The molecule has 3 unspecified atom stereocenters. The molecule has 2 amide bonds. The first-order valence-electron chi connectivity index (χ1n) is 15.8. The van der Waals surface area contributed by atoms with Crippen LogP contribution >= 0.6 is 0 Å². The average Bonchev–Trinajstić information content (AvgIpc) is 3.61. The summed E-state index contributed by atoms with van der Waals surface area (Å²) >= 11 is 0. The molecule has 1 saturated carbocycles. The Morgan fingerprint density at radius 1 is 0.810 bits per heavy atom. The number of rotatable bonds is 23. The number of carbonyl (C=O) groups excluding carboxylic acids is 3. The van der Waals surface area contributed by atoms with Gasteiger partial charge in [-0.05, 0) is 42.9 Å². The van der Waals surface area contributed by atoms with Crippen LogP contribution in [-0.4, -0.2) is 89.8 Å².